The van der Waals surface area contributed by atoms with Crippen molar-refractivity contribution in [3.05, 3.63) is 46.6 Å². The SMILES string of the molecule is CN(C(=O)Nc1cc(C(F)(F)F)cn(C)c1=O)[C@@H]1CCN(c2cnc3[nH]ncc3c2)C[C@@H]1OC(F)F. The van der Waals surface area contributed by atoms with Gasteiger partial charge in [0.25, 0.3) is 5.56 Å². The maximum absolute atomic E-state index is 13.2. The van der Waals surface area contributed by atoms with E-state index in [1.54, 1.807) is 23.4 Å². The minimum absolute atomic E-state index is 0.0109. The van der Waals surface area contributed by atoms with Gasteiger partial charge < -0.3 is 24.4 Å². The number of aryl methyl sites for hydroxylation is 1. The second-order valence-electron chi connectivity index (χ2n) is 8.34. The number of amides is 2. The van der Waals surface area contributed by atoms with Crippen LogP contribution in [0.1, 0.15) is 12.0 Å². The molecule has 4 heterocycles. The molecule has 1 aliphatic heterocycles. The fourth-order valence-electron chi connectivity index (χ4n) is 4.16. The second kappa shape index (κ2) is 9.72. The highest BCUT2D eigenvalue weighted by molar-refractivity contribution is 5.89. The normalized spacial score (nSPS) is 18.6. The molecule has 2 amide bonds. The maximum atomic E-state index is 13.2. The molecule has 194 valence electrons. The minimum Gasteiger partial charge on any atom is -0.367 e. The molecule has 0 bridgehead atoms. The number of halogens is 5. The van der Waals surface area contributed by atoms with E-state index in [4.69, 9.17) is 4.74 Å². The number of piperidine rings is 1. The lowest BCUT2D eigenvalue weighted by Crippen LogP contribution is -2.57. The van der Waals surface area contributed by atoms with Gasteiger partial charge in [-0.2, -0.15) is 27.1 Å². The molecule has 0 aromatic carbocycles. The molecule has 1 saturated heterocycles. The number of hydrogen-bond donors (Lipinski definition) is 2. The van der Waals surface area contributed by atoms with Crippen LogP contribution >= 0.6 is 0 Å². The zero-order chi connectivity index (χ0) is 26.2. The van der Waals surface area contributed by atoms with Crippen LogP contribution in [-0.4, -0.2) is 69.6 Å². The number of likely N-dealkylation sites (N-methyl/N-ethyl adjacent to an activating group) is 1. The predicted octanol–water partition coefficient (Wildman–Crippen LogP) is 3.03. The predicted molar refractivity (Wildman–Crippen MR) is 119 cm³/mol. The standard InChI is InChI=1S/C21H22F5N7O3/c1-31-9-12(21(24,25)26)6-14(18(31)34)29-20(35)32(2)15-3-4-33(10-16(15)36-19(22)23)13-5-11-7-28-30-17(11)27-8-13/h5-9,15-16,19H,3-4,10H2,1-2H3,(H,29,35)(H,27,28,30)/t15-,16+/m1/s1. The molecule has 3 aromatic rings. The van der Waals surface area contributed by atoms with Crippen molar-refractivity contribution in [1.82, 2.24) is 24.6 Å². The number of carbonyl (C=O) groups is 1. The Morgan fingerprint density at radius 1 is 1.31 bits per heavy atom. The van der Waals surface area contributed by atoms with Gasteiger partial charge in [-0.1, -0.05) is 0 Å². The number of fused-ring (bicyclic) bond motifs is 1. The number of nitrogens with one attached hydrogen (secondary N) is 2. The molecule has 2 atom stereocenters. The van der Waals surface area contributed by atoms with Gasteiger partial charge in [0.2, 0.25) is 0 Å². The Kier molecular flexibility index (Phi) is 6.84. The van der Waals surface area contributed by atoms with Gasteiger partial charge >= 0.3 is 18.8 Å². The highest BCUT2D eigenvalue weighted by atomic mass is 19.4. The summed E-state index contributed by atoms with van der Waals surface area (Å²) in [5, 5.41) is 9.50. The Balaban J connectivity index is 1.52. The molecule has 1 aliphatic rings. The number of aromatic amines is 1. The Bertz CT molecular complexity index is 1310. The van der Waals surface area contributed by atoms with E-state index in [9.17, 15) is 31.5 Å². The van der Waals surface area contributed by atoms with Gasteiger partial charge in [0.15, 0.2) is 5.65 Å². The Hall–Kier alpha value is -3.75. The van der Waals surface area contributed by atoms with Crippen LogP contribution in [0.25, 0.3) is 11.0 Å². The first-order valence-electron chi connectivity index (χ1n) is 10.7. The van der Waals surface area contributed by atoms with Gasteiger partial charge in [0.05, 0.1) is 29.7 Å². The number of aromatic nitrogens is 4. The highest BCUT2D eigenvalue weighted by Gasteiger charge is 2.37. The quantitative estimate of drug-likeness (QED) is 0.506. The van der Waals surface area contributed by atoms with Crippen molar-refractivity contribution < 1.29 is 31.5 Å². The summed E-state index contributed by atoms with van der Waals surface area (Å²) in [5.74, 6) is 0. The summed E-state index contributed by atoms with van der Waals surface area (Å²) >= 11 is 0. The van der Waals surface area contributed by atoms with Crippen LogP contribution in [0.4, 0.5) is 38.1 Å². The van der Waals surface area contributed by atoms with Crippen molar-refractivity contribution >= 4 is 28.4 Å². The van der Waals surface area contributed by atoms with Crippen molar-refractivity contribution in [2.24, 2.45) is 7.05 Å². The van der Waals surface area contributed by atoms with Gasteiger partial charge in [-0.15, -0.1) is 0 Å². The van der Waals surface area contributed by atoms with E-state index in [0.717, 1.165) is 17.3 Å². The van der Waals surface area contributed by atoms with Gasteiger partial charge in [0, 0.05) is 38.8 Å². The van der Waals surface area contributed by atoms with Crippen LogP contribution in [0.5, 0.6) is 0 Å². The maximum Gasteiger partial charge on any atom is 0.417 e. The number of ether oxygens (including phenoxy) is 1. The van der Waals surface area contributed by atoms with Crippen molar-refractivity contribution in [2.75, 3.05) is 30.4 Å². The lowest BCUT2D eigenvalue weighted by molar-refractivity contribution is -0.176. The molecular formula is C21H22F5N7O3. The topological polar surface area (TPSA) is 108 Å². The van der Waals surface area contributed by atoms with Crippen molar-refractivity contribution in [2.45, 2.75) is 31.4 Å². The van der Waals surface area contributed by atoms with Crippen LogP contribution in [0.15, 0.2) is 35.5 Å². The molecule has 0 unspecified atom stereocenters. The number of anilines is 2. The van der Waals surface area contributed by atoms with Gasteiger partial charge in [-0.25, -0.2) is 9.78 Å². The summed E-state index contributed by atoms with van der Waals surface area (Å²) in [7, 11) is 2.42. The molecule has 1 fully saturated rings. The zero-order valence-corrected chi connectivity index (χ0v) is 19.1. The van der Waals surface area contributed by atoms with Crippen LogP contribution in [0, 0.1) is 0 Å². The molecule has 4 rings (SSSR count). The summed E-state index contributed by atoms with van der Waals surface area (Å²) < 4.78 is 71.4. The molecule has 0 saturated carbocycles. The second-order valence-corrected chi connectivity index (χ2v) is 8.34. The highest BCUT2D eigenvalue weighted by Crippen LogP contribution is 2.30. The fourth-order valence-corrected chi connectivity index (χ4v) is 4.16. The van der Waals surface area contributed by atoms with E-state index >= 15 is 0 Å². The minimum atomic E-state index is -4.74. The monoisotopic (exact) mass is 515 g/mol. The average molecular weight is 515 g/mol. The average Bonchev–Trinajstić information content (AvgIpc) is 3.28. The Labute approximate surface area is 200 Å². The Morgan fingerprint density at radius 3 is 2.75 bits per heavy atom. The van der Waals surface area contributed by atoms with E-state index in [1.165, 1.54) is 7.05 Å². The molecule has 10 nitrogen and oxygen atoms in total. The van der Waals surface area contributed by atoms with Gasteiger partial charge in [-0.05, 0) is 18.6 Å². The molecule has 3 aromatic heterocycles. The molecule has 0 radical (unpaired) electrons. The number of hydrogen-bond acceptors (Lipinski definition) is 6. The van der Waals surface area contributed by atoms with Crippen LogP contribution in [0.2, 0.25) is 0 Å². The summed E-state index contributed by atoms with van der Waals surface area (Å²) in [5.41, 5.74) is -1.37. The van der Waals surface area contributed by atoms with Crippen LogP contribution < -0.4 is 15.8 Å². The van der Waals surface area contributed by atoms with Gasteiger partial charge in [0.1, 0.15) is 11.8 Å². The lowest BCUT2D eigenvalue weighted by Gasteiger charge is -2.42. The first kappa shape index (κ1) is 25.3. The number of alkyl halides is 5. The third kappa shape index (κ3) is 5.24. The molecule has 2 N–H and O–H groups in total. The zero-order valence-electron chi connectivity index (χ0n) is 19.1. The molecule has 15 heteroatoms. The van der Waals surface area contributed by atoms with E-state index < -0.39 is 47.8 Å². The molecular weight excluding hydrogens is 493 g/mol. The number of H-pyrrole nitrogens is 1. The number of carbonyl (C=O) groups excluding carboxylic acids is 1. The molecule has 0 aliphatic carbocycles. The van der Waals surface area contributed by atoms with E-state index in [0.29, 0.717) is 34.7 Å². The Morgan fingerprint density at radius 2 is 2.06 bits per heavy atom. The first-order valence-corrected chi connectivity index (χ1v) is 10.7. The third-order valence-corrected chi connectivity index (χ3v) is 6.01. The smallest absolute Gasteiger partial charge is 0.367 e. The largest absolute Gasteiger partial charge is 0.417 e. The number of pyridine rings is 2. The van der Waals surface area contributed by atoms with Crippen molar-refractivity contribution in [3.8, 4) is 0 Å². The third-order valence-electron chi connectivity index (χ3n) is 6.01. The summed E-state index contributed by atoms with van der Waals surface area (Å²) in [4.78, 5) is 32.2. The molecule has 36 heavy (non-hydrogen) atoms. The summed E-state index contributed by atoms with van der Waals surface area (Å²) in [6.07, 6.45) is -1.94. The van der Waals surface area contributed by atoms with Gasteiger partial charge in [-0.3, -0.25) is 9.89 Å². The number of rotatable bonds is 5. The van der Waals surface area contributed by atoms with Crippen LogP contribution in [-0.2, 0) is 18.0 Å². The van der Waals surface area contributed by atoms with E-state index in [-0.39, 0.29) is 13.0 Å². The van der Waals surface area contributed by atoms with E-state index in [1.807, 2.05) is 0 Å². The van der Waals surface area contributed by atoms with Crippen molar-refractivity contribution in [1.29, 1.82) is 0 Å². The van der Waals surface area contributed by atoms with Crippen LogP contribution in [0.3, 0.4) is 0 Å². The van der Waals surface area contributed by atoms with E-state index in [2.05, 4.69) is 20.5 Å². The molecule has 0 spiro atoms. The van der Waals surface area contributed by atoms with Crippen molar-refractivity contribution in [3.63, 3.8) is 0 Å². The first-order chi connectivity index (χ1) is 16.9. The fraction of sp³-hybridized carbons (Fsp3) is 0.429. The lowest BCUT2D eigenvalue weighted by atomic mass is 10.00. The summed E-state index contributed by atoms with van der Waals surface area (Å²) in [6.45, 7) is -2.79. The number of nitrogens with zero attached hydrogens (tertiary/aromatic N) is 5. The number of urea groups is 1. The summed E-state index contributed by atoms with van der Waals surface area (Å²) in [6, 6.07) is 0.526.